The average molecular weight is 262 g/mol. The molecule has 0 aromatic carbocycles. The third kappa shape index (κ3) is 5.17. The van der Waals surface area contributed by atoms with Gasteiger partial charge in [0, 0.05) is 23.2 Å². The molecule has 0 bridgehead atoms. The molecule has 1 heterocycles. The second-order valence-electron chi connectivity index (χ2n) is 5.32. The number of hydrogen-bond donors (Lipinski definition) is 0. The van der Waals surface area contributed by atoms with Crippen LogP contribution in [0.5, 0.6) is 0 Å². The first kappa shape index (κ1) is 14.6. The zero-order valence-corrected chi connectivity index (χ0v) is 11.8. The second kappa shape index (κ2) is 5.96. The van der Waals surface area contributed by atoms with Gasteiger partial charge in [0.25, 0.3) is 0 Å². The Morgan fingerprint density at radius 2 is 2.12 bits per heavy atom. The number of rotatable bonds is 4. The van der Waals surface area contributed by atoms with E-state index >= 15 is 0 Å². The van der Waals surface area contributed by atoms with E-state index in [0.29, 0.717) is 12.4 Å². The monoisotopic (exact) mass is 262 g/mol. The molecule has 5 heteroatoms. The van der Waals surface area contributed by atoms with Gasteiger partial charge in [-0.05, 0) is 34.1 Å². The van der Waals surface area contributed by atoms with Crippen molar-refractivity contribution in [2.75, 3.05) is 12.4 Å². The van der Waals surface area contributed by atoms with Gasteiger partial charge in [0.1, 0.15) is 5.60 Å². The van der Waals surface area contributed by atoms with Gasteiger partial charge in [-0.3, -0.25) is 9.00 Å². The van der Waals surface area contributed by atoms with E-state index in [1.54, 1.807) is 0 Å². The number of carbonyl (C=O) groups excluding carboxylic acids is 1. The van der Waals surface area contributed by atoms with Crippen molar-refractivity contribution < 1.29 is 18.5 Å². The Balaban J connectivity index is 2.31. The fraction of sp³-hybridized carbons (Fsp3) is 0.917. The Hall–Kier alpha value is -0.420. The number of hydrogen-bond acceptors (Lipinski definition) is 4. The van der Waals surface area contributed by atoms with E-state index in [0.717, 1.165) is 6.42 Å². The van der Waals surface area contributed by atoms with Gasteiger partial charge in [-0.2, -0.15) is 0 Å². The van der Waals surface area contributed by atoms with Crippen molar-refractivity contribution in [1.29, 1.82) is 0 Å². The molecule has 0 aromatic rings. The molecule has 100 valence electrons. The minimum Gasteiger partial charge on any atom is -0.460 e. The lowest BCUT2D eigenvalue weighted by molar-refractivity contribution is -0.154. The Labute approximate surface area is 106 Å². The van der Waals surface area contributed by atoms with Crippen LogP contribution in [-0.4, -0.2) is 39.5 Å². The number of ether oxygens (including phenoxy) is 2. The summed E-state index contributed by atoms with van der Waals surface area (Å²) in [6.45, 7) is 8.09. The average Bonchev–Trinajstić information content (AvgIpc) is 2.58. The van der Waals surface area contributed by atoms with E-state index in [4.69, 9.17) is 9.47 Å². The molecule has 0 amide bonds. The largest absolute Gasteiger partial charge is 0.460 e. The summed E-state index contributed by atoms with van der Waals surface area (Å²) in [4.78, 5) is 11.5. The molecule has 1 aliphatic heterocycles. The zero-order chi connectivity index (χ0) is 13.1. The molecular weight excluding hydrogens is 240 g/mol. The predicted octanol–water partition coefficient (Wildman–Crippen LogP) is 1.64. The van der Waals surface area contributed by atoms with Crippen molar-refractivity contribution in [2.45, 2.75) is 57.5 Å². The lowest BCUT2D eigenvalue weighted by Gasteiger charge is -2.20. The van der Waals surface area contributed by atoms with E-state index in [1.807, 2.05) is 27.7 Å². The Bertz CT molecular complexity index is 295. The summed E-state index contributed by atoms with van der Waals surface area (Å²) in [5.41, 5.74) is -0.470. The maximum Gasteiger partial charge on any atom is 0.307 e. The highest BCUT2D eigenvalue weighted by Crippen LogP contribution is 2.19. The molecule has 0 aromatic heterocycles. The highest BCUT2D eigenvalue weighted by atomic mass is 32.2. The van der Waals surface area contributed by atoms with Crippen LogP contribution in [0.15, 0.2) is 0 Å². The van der Waals surface area contributed by atoms with Gasteiger partial charge >= 0.3 is 5.97 Å². The molecule has 4 nitrogen and oxygen atoms in total. The normalized spacial score (nSPS) is 26.8. The predicted molar refractivity (Wildman–Crippen MR) is 67.3 cm³/mol. The van der Waals surface area contributed by atoms with Crippen LogP contribution in [0.2, 0.25) is 0 Å². The van der Waals surface area contributed by atoms with Crippen molar-refractivity contribution in [1.82, 2.24) is 0 Å². The van der Waals surface area contributed by atoms with E-state index in [1.165, 1.54) is 0 Å². The highest BCUT2D eigenvalue weighted by molar-refractivity contribution is 7.85. The molecule has 17 heavy (non-hydrogen) atoms. The van der Waals surface area contributed by atoms with E-state index in [-0.39, 0.29) is 23.7 Å². The van der Waals surface area contributed by atoms with E-state index in [9.17, 15) is 9.00 Å². The van der Waals surface area contributed by atoms with Crippen LogP contribution >= 0.6 is 0 Å². The van der Waals surface area contributed by atoms with Crippen LogP contribution in [0.4, 0.5) is 0 Å². The molecule has 3 atom stereocenters. The van der Waals surface area contributed by atoms with Gasteiger partial charge < -0.3 is 9.47 Å². The molecule has 3 unspecified atom stereocenters. The zero-order valence-electron chi connectivity index (χ0n) is 11.0. The molecule has 1 aliphatic rings. The van der Waals surface area contributed by atoms with Crippen LogP contribution in [0, 0.1) is 0 Å². The molecule has 0 spiro atoms. The lowest BCUT2D eigenvalue weighted by atomic mass is 10.2. The van der Waals surface area contributed by atoms with Crippen LogP contribution in [-0.2, 0) is 25.1 Å². The molecule has 1 saturated heterocycles. The maximum absolute atomic E-state index is 11.9. The highest BCUT2D eigenvalue weighted by Gasteiger charge is 2.30. The van der Waals surface area contributed by atoms with E-state index < -0.39 is 16.4 Å². The molecular formula is C12H22O4S. The van der Waals surface area contributed by atoms with Crippen molar-refractivity contribution in [3.8, 4) is 0 Å². The summed E-state index contributed by atoms with van der Waals surface area (Å²) in [6.07, 6.45) is 1.07. The number of carbonyl (C=O) groups is 1. The van der Waals surface area contributed by atoms with Crippen LogP contribution in [0.3, 0.4) is 0 Å². The van der Waals surface area contributed by atoms with Crippen LogP contribution in [0.1, 0.15) is 40.5 Å². The van der Waals surface area contributed by atoms with Gasteiger partial charge in [-0.25, -0.2) is 0 Å². The molecule has 1 fully saturated rings. The minimum atomic E-state index is -1.00. The van der Waals surface area contributed by atoms with Gasteiger partial charge in [0.2, 0.25) is 0 Å². The van der Waals surface area contributed by atoms with Gasteiger partial charge in [0.15, 0.2) is 0 Å². The quantitative estimate of drug-likeness (QED) is 0.723. The third-order valence-electron chi connectivity index (χ3n) is 2.57. The summed E-state index contributed by atoms with van der Waals surface area (Å²) in [5.74, 6) is 0.0882. The second-order valence-corrected chi connectivity index (χ2v) is 7.10. The summed E-state index contributed by atoms with van der Waals surface area (Å²) in [5, 5.41) is 0.0671. The maximum atomic E-state index is 11.9. The van der Waals surface area contributed by atoms with Crippen molar-refractivity contribution in [3.05, 3.63) is 0 Å². The third-order valence-corrected chi connectivity index (χ3v) is 4.47. The molecule has 0 radical (unpaired) electrons. The Kier molecular flexibility index (Phi) is 5.13. The standard InChI is InChI=1S/C12H22O4S/c1-9-10(5-7-15-9)17(14)8-6-11(13)16-12(2,3)4/h9-10H,5-8H2,1-4H3. The molecule has 0 aliphatic carbocycles. The van der Waals surface area contributed by atoms with Gasteiger partial charge in [-0.15, -0.1) is 0 Å². The van der Waals surface area contributed by atoms with Crippen LogP contribution < -0.4 is 0 Å². The molecule has 1 rings (SSSR count). The Morgan fingerprint density at radius 3 is 2.59 bits per heavy atom. The van der Waals surface area contributed by atoms with Crippen molar-refractivity contribution in [2.24, 2.45) is 0 Å². The fourth-order valence-corrected chi connectivity index (χ4v) is 3.32. The minimum absolute atomic E-state index is 0.0365. The fourth-order valence-electron chi connectivity index (χ4n) is 1.79. The van der Waals surface area contributed by atoms with Gasteiger partial charge in [0.05, 0.1) is 17.8 Å². The van der Waals surface area contributed by atoms with E-state index in [2.05, 4.69) is 0 Å². The first-order valence-corrected chi connectivity index (χ1v) is 7.38. The summed E-state index contributed by atoms with van der Waals surface area (Å²) in [6, 6.07) is 0. The van der Waals surface area contributed by atoms with Crippen LogP contribution in [0.25, 0.3) is 0 Å². The SMILES string of the molecule is CC1OCCC1S(=O)CCC(=O)OC(C)(C)C. The topological polar surface area (TPSA) is 52.6 Å². The number of esters is 1. The first-order chi connectivity index (χ1) is 7.79. The summed E-state index contributed by atoms with van der Waals surface area (Å²) in [7, 11) is -1.00. The summed E-state index contributed by atoms with van der Waals surface area (Å²) < 4.78 is 22.5. The lowest BCUT2D eigenvalue weighted by Crippen LogP contribution is -2.28. The van der Waals surface area contributed by atoms with Crippen molar-refractivity contribution in [3.63, 3.8) is 0 Å². The first-order valence-electron chi connectivity index (χ1n) is 6.00. The Morgan fingerprint density at radius 1 is 1.47 bits per heavy atom. The molecule has 0 saturated carbocycles. The summed E-state index contributed by atoms with van der Waals surface area (Å²) >= 11 is 0. The van der Waals surface area contributed by atoms with Gasteiger partial charge in [-0.1, -0.05) is 0 Å². The smallest absolute Gasteiger partial charge is 0.307 e. The van der Waals surface area contributed by atoms with Crippen molar-refractivity contribution >= 4 is 16.8 Å². The molecule has 0 N–H and O–H groups in total.